The summed E-state index contributed by atoms with van der Waals surface area (Å²) in [6, 6.07) is 8.39. The van der Waals surface area contributed by atoms with Crippen LogP contribution in [0.5, 0.6) is 0 Å². The van der Waals surface area contributed by atoms with Gasteiger partial charge in [-0.3, -0.25) is 0 Å². The fourth-order valence-electron chi connectivity index (χ4n) is 2.05. The first kappa shape index (κ1) is 8.00. The molecule has 0 spiro atoms. The van der Waals surface area contributed by atoms with Gasteiger partial charge in [-0.25, -0.2) is 4.98 Å². The van der Waals surface area contributed by atoms with Crippen LogP contribution in [-0.4, -0.2) is 11.5 Å². The third kappa shape index (κ3) is 1.21. The number of benzene rings is 1. The monoisotopic (exact) mass is 189 g/mol. The van der Waals surface area contributed by atoms with Gasteiger partial charge >= 0.3 is 0 Å². The largest absolute Gasteiger partial charge is 0.435 e. The Balaban J connectivity index is 2.05. The standard InChI is InChI=1S/C11H12N2O/c1-2-6-10-8(4-1)13-11(14-10)9-5-3-7-12-9/h1-2,4,6,9,12H,3,5,7H2/p+1/t9-/m1/s1. The number of aromatic nitrogens is 1. The van der Waals surface area contributed by atoms with E-state index in [1.165, 1.54) is 19.4 Å². The molecule has 2 N–H and O–H groups in total. The quantitative estimate of drug-likeness (QED) is 0.733. The van der Waals surface area contributed by atoms with E-state index in [0.717, 1.165) is 17.0 Å². The highest BCUT2D eigenvalue weighted by atomic mass is 16.3. The van der Waals surface area contributed by atoms with Crippen molar-refractivity contribution in [2.75, 3.05) is 6.54 Å². The molecule has 0 unspecified atom stereocenters. The highest BCUT2D eigenvalue weighted by Gasteiger charge is 2.25. The summed E-state index contributed by atoms with van der Waals surface area (Å²) in [4.78, 5) is 4.50. The number of hydrogen-bond donors (Lipinski definition) is 1. The predicted octanol–water partition coefficient (Wildman–Crippen LogP) is 1.23. The minimum Gasteiger partial charge on any atom is -0.435 e. The third-order valence-electron chi connectivity index (χ3n) is 2.80. The van der Waals surface area contributed by atoms with E-state index in [9.17, 15) is 0 Å². The highest BCUT2D eigenvalue weighted by Crippen LogP contribution is 2.21. The molecule has 1 fully saturated rings. The molecular weight excluding hydrogens is 176 g/mol. The molecule has 0 saturated carbocycles. The van der Waals surface area contributed by atoms with E-state index in [1.807, 2.05) is 24.3 Å². The van der Waals surface area contributed by atoms with Crippen LogP contribution in [0.15, 0.2) is 28.7 Å². The molecule has 1 saturated heterocycles. The lowest BCUT2D eigenvalue weighted by molar-refractivity contribution is -0.678. The molecule has 2 aromatic rings. The van der Waals surface area contributed by atoms with Crippen molar-refractivity contribution in [3.05, 3.63) is 30.2 Å². The zero-order valence-electron chi connectivity index (χ0n) is 7.94. The van der Waals surface area contributed by atoms with Crippen molar-refractivity contribution in [2.45, 2.75) is 18.9 Å². The summed E-state index contributed by atoms with van der Waals surface area (Å²) in [6.07, 6.45) is 2.45. The smallest absolute Gasteiger partial charge is 0.254 e. The van der Waals surface area contributed by atoms with Crippen LogP contribution in [0, 0.1) is 0 Å². The van der Waals surface area contributed by atoms with Crippen LogP contribution >= 0.6 is 0 Å². The second-order valence-electron chi connectivity index (χ2n) is 3.79. The number of rotatable bonds is 1. The lowest BCUT2D eigenvalue weighted by Gasteiger charge is -1.98. The number of para-hydroxylation sites is 2. The van der Waals surface area contributed by atoms with Gasteiger partial charge in [0.05, 0.1) is 6.54 Å². The Kier molecular flexibility index (Phi) is 1.77. The number of hydrogen-bond acceptors (Lipinski definition) is 2. The van der Waals surface area contributed by atoms with Gasteiger partial charge in [0.2, 0.25) is 0 Å². The van der Waals surface area contributed by atoms with Crippen LogP contribution in [0.4, 0.5) is 0 Å². The number of nitrogens with zero attached hydrogens (tertiary/aromatic N) is 1. The van der Waals surface area contributed by atoms with Crippen molar-refractivity contribution in [1.82, 2.24) is 4.98 Å². The van der Waals surface area contributed by atoms with E-state index in [2.05, 4.69) is 10.3 Å². The molecule has 72 valence electrons. The van der Waals surface area contributed by atoms with Crippen molar-refractivity contribution >= 4 is 11.1 Å². The first-order valence-corrected chi connectivity index (χ1v) is 5.12. The van der Waals surface area contributed by atoms with Gasteiger partial charge in [0.25, 0.3) is 5.89 Å². The van der Waals surface area contributed by atoms with Crippen molar-refractivity contribution in [2.24, 2.45) is 0 Å². The van der Waals surface area contributed by atoms with Gasteiger partial charge < -0.3 is 9.73 Å². The summed E-state index contributed by atoms with van der Waals surface area (Å²) < 4.78 is 5.71. The predicted molar refractivity (Wildman–Crippen MR) is 52.8 cm³/mol. The summed E-state index contributed by atoms with van der Waals surface area (Å²) in [6.45, 7) is 1.20. The Labute approximate surface area is 82.1 Å². The van der Waals surface area contributed by atoms with Gasteiger partial charge in [0.1, 0.15) is 5.52 Å². The molecule has 14 heavy (non-hydrogen) atoms. The van der Waals surface area contributed by atoms with E-state index in [1.54, 1.807) is 0 Å². The number of fused-ring (bicyclic) bond motifs is 1. The highest BCUT2D eigenvalue weighted by molar-refractivity contribution is 5.72. The van der Waals surface area contributed by atoms with E-state index < -0.39 is 0 Å². The molecule has 2 heterocycles. The fourth-order valence-corrected chi connectivity index (χ4v) is 2.05. The summed E-state index contributed by atoms with van der Waals surface area (Å²) in [5, 5.41) is 2.31. The van der Waals surface area contributed by atoms with Crippen LogP contribution in [0.25, 0.3) is 11.1 Å². The minimum atomic E-state index is 0.447. The third-order valence-corrected chi connectivity index (χ3v) is 2.80. The molecule has 0 aliphatic carbocycles. The minimum absolute atomic E-state index is 0.447. The maximum Gasteiger partial charge on any atom is 0.254 e. The van der Waals surface area contributed by atoms with Crippen LogP contribution in [-0.2, 0) is 0 Å². The Hall–Kier alpha value is -1.35. The molecule has 3 rings (SSSR count). The zero-order valence-corrected chi connectivity index (χ0v) is 7.94. The van der Waals surface area contributed by atoms with E-state index in [4.69, 9.17) is 4.42 Å². The molecule has 0 bridgehead atoms. The molecule has 1 aliphatic rings. The Morgan fingerprint density at radius 2 is 2.29 bits per heavy atom. The van der Waals surface area contributed by atoms with Crippen LogP contribution < -0.4 is 5.32 Å². The Bertz CT molecular complexity index is 410. The SMILES string of the molecule is c1ccc2oc([C@H]3CCC[NH2+]3)nc2c1. The van der Waals surface area contributed by atoms with Gasteiger partial charge in [0, 0.05) is 12.8 Å². The van der Waals surface area contributed by atoms with E-state index >= 15 is 0 Å². The topological polar surface area (TPSA) is 42.6 Å². The molecule has 3 heteroatoms. The molecule has 1 aromatic carbocycles. The maximum absolute atomic E-state index is 5.71. The number of oxazole rings is 1. The van der Waals surface area contributed by atoms with Gasteiger partial charge in [-0.05, 0) is 12.1 Å². The normalized spacial score (nSPS) is 21.9. The van der Waals surface area contributed by atoms with Crippen LogP contribution in [0.3, 0.4) is 0 Å². The van der Waals surface area contributed by atoms with Crippen LogP contribution in [0.2, 0.25) is 0 Å². The van der Waals surface area contributed by atoms with Crippen molar-refractivity contribution in [1.29, 1.82) is 0 Å². The maximum atomic E-state index is 5.71. The molecule has 3 nitrogen and oxygen atoms in total. The van der Waals surface area contributed by atoms with Crippen molar-refractivity contribution < 1.29 is 9.73 Å². The summed E-state index contributed by atoms with van der Waals surface area (Å²) in [5.74, 6) is 0.892. The van der Waals surface area contributed by atoms with Crippen molar-refractivity contribution in [3.63, 3.8) is 0 Å². The first-order valence-electron chi connectivity index (χ1n) is 5.12. The Morgan fingerprint density at radius 3 is 3.07 bits per heavy atom. The zero-order chi connectivity index (χ0) is 9.38. The van der Waals surface area contributed by atoms with Gasteiger partial charge in [0.15, 0.2) is 11.6 Å². The second kappa shape index (κ2) is 3.10. The summed E-state index contributed by atoms with van der Waals surface area (Å²) in [5.41, 5.74) is 1.88. The van der Waals surface area contributed by atoms with Gasteiger partial charge in [-0.2, -0.15) is 0 Å². The molecular formula is C11H13N2O+. The van der Waals surface area contributed by atoms with Crippen LogP contribution in [0.1, 0.15) is 24.8 Å². The van der Waals surface area contributed by atoms with Gasteiger partial charge in [-0.15, -0.1) is 0 Å². The molecule has 0 radical (unpaired) electrons. The lowest BCUT2D eigenvalue weighted by atomic mass is 10.2. The summed E-state index contributed by atoms with van der Waals surface area (Å²) in [7, 11) is 0. The second-order valence-corrected chi connectivity index (χ2v) is 3.79. The molecule has 1 atom stereocenters. The Morgan fingerprint density at radius 1 is 1.36 bits per heavy atom. The average Bonchev–Trinajstić information content (AvgIpc) is 2.86. The summed E-state index contributed by atoms with van der Waals surface area (Å²) >= 11 is 0. The average molecular weight is 189 g/mol. The number of nitrogens with two attached hydrogens (primary N) is 1. The van der Waals surface area contributed by atoms with Gasteiger partial charge in [-0.1, -0.05) is 12.1 Å². The molecule has 0 amide bonds. The lowest BCUT2D eigenvalue weighted by Crippen LogP contribution is -2.81. The fraction of sp³-hybridized carbons (Fsp3) is 0.364. The molecule has 1 aliphatic heterocycles. The van der Waals surface area contributed by atoms with E-state index in [-0.39, 0.29) is 0 Å². The van der Waals surface area contributed by atoms with E-state index in [0.29, 0.717) is 6.04 Å². The first-order chi connectivity index (χ1) is 6.93. The number of quaternary nitrogens is 1. The van der Waals surface area contributed by atoms with Crippen molar-refractivity contribution in [3.8, 4) is 0 Å². The molecule has 1 aromatic heterocycles.